The Kier molecular flexibility index (Phi) is 10.7. The lowest BCUT2D eigenvalue weighted by Crippen LogP contribution is -2.43. The average molecular weight is 496 g/mol. The molecule has 1 atom stereocenters. The van der Waals surface area contributed by atoms with Crippen molar-refractivity contribution >= 4 is 27.5 Å². The van der Waals surface area contributed by atoms with Crippen molar-refractivity contribution in [2.75, 3.05) is 40.8 Å². The summed E-state index contributed by atoms with van der Waals surface area (Å²) < 4.78 is 22.6. The maximum atomic E-state index is 10.7. The molecular weight excluding hydrogens is 462 g/mol. The van der Waals surface area contributed by atoms with Gasteiger partial charge in [-0.2, -0.15) is 17.8 Å². The molecule has 4 rings (SSSR count). The van der Waals surface area contributed by atoms with Gasteiger partial charge in [-0.15, -0.1) is 0 Å². The summed E-state index contributed by atoms with van der Waals surface area (Å²) in [4.78, 5) is 0. The minimum atomic E-state index is -3.53. The molecule has 2 aromatic rings. The van der Waals surface area contributed by atoms with Gasteiger partial charge in [-0.1, -0.05) is 54.1 Å². The summed E-state index contributed by atoms with van der Waals surface area (Å²) in [7, 11) is 2.24. The number of hydrogen-bond acceptors (Lipinski definition) is 6. The Morgan fingerprint density at radius 1 is 1.06 bits per heavy atom. The third kappa shape index (κ3) is 8.69. The van der Waals surface area contributed by atoms with E-state index in [1.807, 2.05) is 56.5 Å². The topological polar surface area (TPSA) is 111 Å². The molecule has 0 saturated carbocycles. The molecule has 182 valence electrons. The van der Waals surface area contributed by atoms with Crippen LogP contribution in [-0.2, 0) is 10.2 Å². The van der Waals surface area contributed by atoms with Crippen LogP contribution in [0.3, 0.4) is 0 Å². The molecule has 4 N–H and O–H groups in total. The lowest BCUT2D eigenvalue weighted by molar-refractivity contribution is 0.113. The van der Waals surface area contributed by atoms with E-state index < -0.39 is 10.2 Å². The highest BCUT2D eigenvalue weighted by molar-refractivity contribution is 7.86. The Morgan fingerprint density at radius 3 is 2.12 bits per heavy atom. The minimum absolute atomic E-state index is 0.326. The third-order valence-corrected chi connectivity index (χ3v) is 6.52. The van der Waals surface area contributed by atoms with Crippen molar-refractivity contribution in [3.8, 4) is 0 Å². The highest BCUT2D eigenvalue weighted by atomic mass is 35.5. The molecule has 0 aliphatic carbocycles. The van der Waals surface area contributed by atoms with Crippen LogP contribution < -0.4 is 10.5 Å². The predicted octanol–water partition coefficient (Wildman–Crippen LogP) is 2.26. The van der Waals surface area contributed by atoms with E-state index >= 15 is 0 Å². The molecule has 0 amide bonds. The summed E-state index contributed by atoms with van der Waals surface area (Å²) in [5, 5.41) is 24.1. The Labute approximate surface area is 202 Å². The van der Waals surface area contributed by atoms with E-state index in [2.05, 4.69) is 34.7 Å². The maximum absolute atomic E-state index is 10.7. The molecule has 1 unspecified atom stereocenters. The molecule has 0 radical (unpaired) electrons. The Balaban J connectivity index is 0.000000234. The molecule has 1 saturated heterocycles. The van der Waals surface area contributed by atoms with Crippen molar-refractivity contribution in [3.05, 3.63) is 70.7 Å². The predicted molar refractivity (Wildman–Crippen MR) is 135 cm³/mol. The standard InChI is InChI=1S/C16H15ClN2.C5H12N2O3S.C2H7N/c1-19-11-15(12-5-3-2-4-6-12)16(18-19)13-7-9-14(17)10-8-13;6-11(9,10)7-3-1-5(8)2-4-7;1-3-2/h2-10,15H,11H2,1H3;5,8H,1-4H2,(H2,6,9,10);3H,1-2H3. The van der Waals surface area contributed by atoms with Gasteiger partial charge in [0.1, 0.15) is 0 Å². The highest BCUT2D eigenvalue weighted by Crippen LogP contribution is 2.28. The van der Waals surface area contributed by atoms with Crippen molar-refractivity contribution in [2.45, 2.75) is 24.9 Å². The van der Waals surface area contributed by atoms with Crippen LogP contribution in [0.1, 0.15) is 29.9 Å². The van der Waals surface area contributed by atoms with E-state index in [-0.39, 0.29) is 6.10 Å². The molecule has 0 spiro atoms. The fourth-order valence-corrected chi connectivity index (χ4v) is 4.42. The fraction of sp³-hybridized carbons (Fsp3) is 0.435. The molecule has 0 bridgehead atoms. The monoisotopic (exact) mass is 495 g/mol. The Bertz CT molecular complexity index is 979. The summed E-state index contributed by atoms with van der Waals surface area (Å²) in [6.07, 6.45) is 0.598. The first kappa shape index (κ1) is 27.2. The van der Waals surface area contributed by atoms with Gasteiger partial charge in [-0.05, 0) is 50.2 Å². The molecular formula is C23H34ClN5O3S. The number of aliphatic hydroxyl groups excluding tert-OH is 1. The van der Waals surface area contributed by atoms with Gasteiger partial charge in [0, 0.05) is 37.6 Å². The summed E-state index contributed by atoms with van der Waals surface area (Å²) in [6.45, 7) is 1.59. The van der Waals surface area contributed by atoms with Gasteiger partial charge >= 0.3 is 0 Å². The zero-order valence-electron chi connectivity index (χ0n) is 19.4. The van der Waals surface area contributed by atoms with Gasteiger partial charge in [-0.25, -0.2) is 5.14 Å². The quantitative estimate of drug-likeness (QED) is 0.604. The average Bonchev–Trinajstić information content (AvgIpc) is 3.17. The normalized spacial score (nSPS) is 19.2. The molecule has 2 aromatic carbocycles. The molecule has 0 aromatic heterocycles. The highest BCUT2D eigenvalue weighted by Gasteiger charge is 2.27. The zero-order valence-corrected chi connectivity index (χ0v) is 20.9. The van der Waals surface area contributed by atoms with Gasteiger partial charge in [0.25, 0.3) is 10.2 Å². The molecule has 10 heteroatoms. The lowest BCUT2D eigenvalue weighted by Gasteiger charge is -2.26. The number of likely N-dealkylation sites (N-methyl/N-ethyl adjacent to an activating group) is 1. The van der Waals surface area contributed by atoms with Crippen molar-refractivity contribution in [1.29, 1.82) is 0 Å². The van der Waals surface area contributed by atoms with E-state index in [0.717, 1.165) is 22.8 Å². The van der Waals surface area contributed by atoms with Crippen LogP contribution in [0.25, 0.3) is 0 Å². The van der Waals surface area contributed by atoms with Crippen molar-refractivity contribution < 1.29 is 13.5 Å². The molecule has 2 aliphatic rings. The first-order valence-electron chi connectivity index (χ1n) is 10.8. The van der Waals surface area contributed by atoms with Crippen LogP contribution in [0.4, 0.5) is 0 Å². The SMILES string of the molecule is CN1CC(c2ccccc2)C(c2ccc(Cl)cc2)=N1.CNC.NS(=O)(=O)N1CCC(O)CC1. The number of hydrazone groups is 1. The number of halogens is 1. The number of nitrogens with zero attached hydrogens (tertiary/aromatic N) is 3. The Morgan fingerprint density at radius 2 is 1.61 bits per heavy atom. The van der Waals surface area contributed by atoms with Crippen molar-refractivity contribution in [2.24, 2.45) is 10.2 Å². The van der Waals surface area contributed by atoms with Crippen molar-refractivity contribution in [1.82, 2.24) is 14.6 Å². The van der Waals surface area contributed by atoms with E-state index in [0.29, 0.717) is 31.8 Å². The van der Waals surface area contributed by atoms with Crippen LogP contribution in [0.5, 0.6) is 0 Å². The largest absolute Gasteiger partial charge is 0.393 e. The van der Waals surface area contributed by atoms with Gasteiger partial charge in [0.15, 0.2) is 0 Å². The van der Waals surface area contributed by atoms with Gasteiger partial charge in [0.2, 0.25) is 0 Å². The number of nitrogens with one attached hydrogen (secondary N) is 1. The number of nitrogens with two attached hydrogens (primary N) is 1. The fourth-order valence-electron chi connectivity index (χ4n) is 3.57. The van der Waals surface area contributed by atoms with E-state index in [1.165, 1.54) is 9.87 Å². The molecule has 8 nitrogen and oxygen atoms in total. The number of benzene rings is 2. The van der Waals surface area contributed by atoms with Crippen LogP contribution >= 0.6 is 11.6 Å². The summed E-state index contributed by atoms with van der Waals surface area (Å²) >= 11 is 5.95. The summed E-state index contributed by atoms with van der Waals surface area (Å²) in [6, 6.07) is 18.4. The van der Waals surface area contributed by atoms with E-state index in [9.17, 15) is 8.42 Å². The minimum Gasteiger partial charge on any atom is -0.393 e. The second-order valence-electron chi connectivity index (χ2n) is 7.97. The molecule has 2 heterocycles. The smallest absolute Gasteiger partial charge is 0.276 e. The second-order valence-corrected chi connectivity index (χ2v) is 9.95. The van der Waals surface area contributed by atoms with Crippen molar-refractivity contribution in [3.63, 3.8) is 0 Å². The van der Waals surface area contributed by atoms with Crippen LogP contribution in [0.2, 0.25) is 5.02 Å². The Hall–Kier alpha value is -2.01. The first-order chi connectivity index (χ1) is 15.7. The summed E-state index contributed by atoms with van der Waals surface area (Å²) in [5.41, 5.74) is 3.56. The molecule has 33 heavy (non-hydrogen) atoms. The van der Waals surface area contributed by atoms with E-state index in [4.69, 9.17) is 21.8 Å². The maximum Gasteiger partial charge on any atom is 0.276 e. The number of hydrogen-bond donors (Lipinski definition) is 3. The van der Waals surface area contributed by atoms with Gasteiger partial charge < -0.3 is 10.4 Å². The molecule has 2 aliphatic heterocycles. The zero-order chi connectivity index (χ0) is 24.4. The molecule has 1 fully saturated rings. The third-order valence-electron chi connectivity index (χ3n) is 5.18. The summed E-state index contributed by atoms with van der Waals surface area (Å²) in [5.74, 6) is 0.326. The van der Waals surface area contributed by atoms with Crippen LogP contribution in [-0.4, -0.2) is 75.4 Å². The van der Waals surface area contributed by atoms with Crippen LogP contribution in [0, 0.1) is 0 Å². The van der Waals surface area contributed by atoms with Crippen LogP contribution in [0.15, 0.2) is 59.7 Å². The number of piperidine rings is 1. The first-order valence-corrected chi connectivity index (χ1v) is 12.7. The van der Waals surface area contributed by atoms with Gasteiger partial charge in [0.05, 0.1) is 11.8 Å². The lowest BCUT2D eigenvalue weighted by atomic mass is 9.91. The number of aliphatic hydroxyl groups is 1. The number of rotatable bonds is 3. The van der Waals surface area contributed by atoms with E-state index in [1.54, 1.807) is 0 Å². The van der Waals surface area contributed by atoms with Gasteiger partial charge in [-0.3, -0.25) is 5.01 Å². The second kappa shape index (κ2) is 13.0.